The van der Waals surface area contributed by atoms with Crippen molar-refractivity contribution in [3.63, 3.8) is 0 Å². The average Bonchev–Trinajstić information content (AvgIpc) is 3.07. The standard InChI is InChI=1S/C39H42N4O2/c1-30(34-19-10-6-11-20-34)37-38(40)43(35-21-23-36(45)24-22-35)29-41-39(37)42(27-32-15-8-5-9-16-32)28-33-18-13-17-31(26-33)14-7-3-2-4-12-25-44/h5-6,8-11,13,15-20,25-26,29,35-36,40,45H,1-4,12,21-24,27-28H2. The number of anilines is 1. The van der Waals surface area contributed by atoms with Crippen LogP contribution in [0.4, 0.5) is 5.82 Å². The molecule has 0 saturated heterocycles. The Bertz CT molecular complexity index is 1690. The van der Waals surface area contributed by atoms with E-state index in [1.807, 2.05) is 71.6 Å². The molecule has 1 aromatic heterocycles. The molecule has 1 aliphatic rings. The zero-order valence-corrected chi connectivity index (χ0v) is 25.9. The predicted octanol–water partition coefficient (Wildman–Crippen LogP) is 7.22. The summed E-state index contributed by atoms with van der Waals surface area (Å²) < 4.78 is 1.98. The number of aliphatic hydroxyl groups excluding tert-OH is 1. The molecule has 6 heteroatoms. The van der Waals surface area contributed by atoms with Crippen molar-refractivity contribution >= 4 is 17.7 Å². The Labute approximate surface area is 266 Å². The molecule has 0 radical (unpaired) electrons. The van der Waals surface area contributed by atoms with E-state index in [-0.39, 0.29) is 12.1 Å². The van der Waals surface area contributed by atoms with Crippen LogP contribution in [0.2, 0.25) is 0 Å². The highest BCUT2D eigenvalue weighted by atomic mass is 16.3. The van der Waals surface area contributed by atoms with Gasteiger partial charge in [-0.3, -0.25) is 5.41 Å². The van der Waals surface area contributed by atoms with Gasteiger partial charge in [0.2, 0.25) is 0 Å². The fourth-order valence-corrected chi connectivity index (χ4v) is 5.97. The second kappa shape index (κ2) is 15.8. The van der Waals surface area contributed by atoms with E-state index < -0.39 is 0 Å². The van der Waals surface area contributed by atoms with Crippen LogP contribution in [0.15, 0.2) is 97.8 Å². The van der Waals surface area contributed by atoms with E-state index in [1.165, 1.54) is 0 Å². The molecule has 2 N–H and O–H groups in total. The van der Waals surface area contributed by atoms with Crippen molar-refractivity contribution in [3.8, 4) is 11.8 Å². The van der Waals surface area contributed by atoms with Crippen LogP contribution in [0.25, 0.3) is 5.57 Å². The van der Waals surface area contributed by atoms with Crippen molar-refractivity contribution in [3.05, 3.63) is 131 Å². The number of carbonyl (C=O) groups excluding carboxylic acids is 1. The third-order valence-electron chi connectivity index (χ3n) is 8.43. The number of aldehydes is 1. The van der Waals surface area contributed by atoms with Gasteiger partial charge in [-0.25, -0.2) is 4.98 Å². The van der Waals surface area contributed by atoms with Gasteiger partial charge in [0.25, 0.3) is 0 Å². The van der Waals surface area contributed by atoms with Crippen LogP contribution in [0.5, 0.6) is 0 Å². The Balaban J connectivity index is 1.53. The molecule has 0 spiro atoms. The van der Waals surface area contributed by atoms with Crippen LogP contribution in [-0.2, 0) is 17.9 Å². The highest BCUT2D eigenvalue weighted by Crippen LogP contribution is 2.32. The molecule has 1 heterocycles. The van der Waals surface area contributed by atoms with Crippen LogP contribution in [-0.4, -0.2) is 27.0 Å². The lowest BCUT2D eigenvalue weighted by Crippen LogP contribution is -2.34. The third kappa shape index (κ3) is 8.47. The molecule has 1 aliphatic carbocycles. The van der Waals surface area contributed by atoms with Crippen molar-refractivity contribution in [2.24, 2.45) is 0 Å². The summed E-state index contributed by atoms with van der Waals surface area (Å²) >= 11 is 0. The topological polar surface area (TPSA) is 82.2 Å². The Morgan fingerprint density at radius 3 is 2.38 bits per heavy atom. The lowest BCUT2D eigenvalue weighted by atomic mass is 9.92. The SMILES string of the molecule is C=C(c1ccccc1)c1c(N(Cc2ccccc2)Cc2cccc(C#CCCCCC=O)c2)ncn(C2CCC(O)CC2)c1=N. The number of unbranched alkanes of at least 4 members (excludes halogenated alkanes) is 3. The molecule has 230 valence electrons. The summed E-state index contributed by atoms with van der Waals surface area (Å²) in [5.74, 6) is 7.27. The van der Waals surface area contributed by atoms with Crippen LogP contribution < -0.4 is 10.4 Å². The first kappa shape index (κ1) is 31.7. The van der Waals surface area contributed by atoms with Gasteiger partial charge < -0.3 is 19.4 Å². The van der Waals surface area contributed by atoms with Crippen molar-refractivity contribution in [2.75, 3.05) is 4.90 Å². The van der Waals surface area contributed by atoms with E-state index in [9.17, 15) is 15.3 Å². The largest absolute Gasteiger partial charge is 0.393 e. The smallest absolute Gasteiger partial charge is 0.142 e. The Morgan fingerprint density at radius 2 is 1.64 bits per heavy atom. The van der Waals surface area contributed by atoms with Crippen LogP contribution in [0.1, 0.15) is 85.2 Å². The minimum atomic E-state index is -0.272. The van der Waals surface area contributed by atoms with Gasteiger partial charge in [0, 0.05) is 37.5 Å². The Hall–Kier alpha value is -4.73. The second-order valence-electron chi connectivity index (χ2n) is 11.8. The molecule has 0 amide bonds. The number of hydrogen-bond acceptors (Lipinski definition) is 5. The van der Waals surface area contributed by atoms with Crippen LogP contribution >= 0.6 is 0 Å². The van der Waals surface area contributed by atoms with Gasteiger partial charge in [0.15, 0.2) is 0 Å². The Morgan fingerprint density at radius 1 is 0.956 bits per heavy atom. The maximum absolute atomic E-state index is 10.6. The zero-order valence-electron chi connectivity index (χ0n) is 25.9. The van der Waals surface area contributed by atoms with Gasteiger partial charge >= 0.3 is 0 Å². The van der Waals surface area contributed by atoms with Crippen LogP contribution in [0, 0.1) is 17.3 Å². The number of rotatable bonds is 12. The number of carbonyl (C=O) groups is 1. The van der Waals surface area contributed by atoms with E-state index in [1.54, 1.807) is 0 Å². The summed E-state index contributed by atoms with van der Waals surface area (Å²) in [6.07, 6.45) is 8.73. The molecule has 1 saturated carbocycles. The van der Waals surface area contributed by atoms with E-state index in [4.69, 9.17) is 4.98 Å². The third-order valence-corrected chi connectivity index (χ3v) is 8.43. The molecule has 5 rings (SSSR count). The number of aliphatic hydroxyl groups is 1. The lowest BCUT2D eigenvalue weighted by Gasteiger charge is -2.31. The van der Waals surface area contributed by atoms with E-state index >= 15 is 0 Å². The molecule has 0 atom stereocenters. The number of nitrogens with one attached hydrogen (secondary N) is 1. The number of aromatic nitrogens is 2. The summed E-state index contributed by atoms with van der Waals surface area (Å²) in [7, 11) is 0. The van der Waals surface area contributed by atoms with E-state index in [0.29, 0.717) is 25.0 Å². The highest BCUT2D eigenvalue weighted by Gasteiger charge is 2.25. The molecule has 4 aromatic rings. The molecular formula is C39H42N4O2. The first-order chi connectivity index (χ1) is 22.0. The minimum Gasteiger partial charge on any atom is -0.393 e. The molecule has 0 aliphatic heterocycles. The summed E-state index contributed by atoms with van der Waals surface area (Å²) in [5, 5.41) is 19.6. The minimum absolute atomic E-state index is 0.112. The predicted molar refractivity (Wildman–Crippen MR) is 180 cm³/mol. The summed E-state index contributed by atoms with van der Waals surface area (Å²) in [6, 6.07) is 28.8. The maximum atomic E-state index is 10.6. The number of benzene rings is 3. The summed E-state index contributed by atoms with van der Waals surface area (Å²) in [6.45, 7) is 5.69. The molecule has 0 unspecified atom stereocenters. The van der Waals surface area contributed by atoms with Gasteiger partial charge in [-0.05, 0) is 72.9 Å². The first-order valence-electron chi connectivity index (χ1n) is 15.9. The van der Waals surface area contributed by atoms with Gasteiger partial charge in [-0.2, -0.15) is 0 Å². The van der Waals surface area contributed by atoms with E-state index in [0.717, 1.165) is 90.4 Å². The normalized spacial score (nSPS) is 15.9. The zero-order chi connectivity index (χ0) is 31.4. The van der Waals surface area contributed by atoms with Crippen molar-refractivity contribution in [1.29, 1.82) is 5.41 Å². The van der Waals surface area contributed by atoms with Crippen molar-refractivity contribution < 1.29 is 9.90 Å². The molecule has 1 fully saturated rings. The molecular weight excluding hydrogens is 556 g/mol. The number of nitrogens with zero attached hydrogens (tertiary/aromatic N) is 3. The Kier molecular flexibility index (Phi) is 11.1. The van der Waals surface area contributed by atoms with Crippen molar-refractivity contribution in [2.45, 2.75) is 76.6 Å². The van der Waals surface area contributed by atoms with Gasteiger partial charge in [0.1, 0.15) is 17.6 Å². The van der Waals surface area contributed by atoms with Crippen molar-refractivity contribution in [1.82, 2.24) is 9.55 Å². The van der Waals surface area contributed by atoms with Gasteiger partial charge in [-0.1, -0.05) is 91.2 Å². The monoisotopic (exact) mass is 598 g/mol. The lowest BCUT2D eigenvalue weighted by molar-refractivity contribution is -0.107. The van der Waals surface area contributed by atoms with Gasteiger partial charge in [-0.15, -0.1) is 0 Å². The maximum Gasteiger partial charge on any atom is 0.142 e. The summed E-state index contributed by atoms with van der Waals surface area (Å²) in [4.78, 5) is 17.9. The summed E-state index contributed by atoms with van der Waals surface area (Å²) in [5.41, 5.74) is 6.03. The fourth-order valence-electron chi connectivity index (χ4n) is 5.97. The quantitative estimate of drug-likeness (QED) is 0.103. The molecule has 6 nitrogen and oxygen atoms in total. The number of hydrogen-bond donors (Lipinski definition) is 2. The van der Waals surface area contributed by atoms with Gasteiger partial charge in [0.05, 0.1) is 18.0 Å². The molecule has 45 heavy (non-hydrogen) atoms. The molecule has 0 bridgehead atoms. The fraction of sp³-hybridized carbons (Fsp3) is 0.308. The average molecular weight is 599 g/mol. The first-order valence-corrected chi connectivity index (χ1v) is 15.9. The highest BCUT2D eigenvalue weighted by molar-refractivity contribution is 5.83. The van der Waals surface area contributed by atoms with E-state index in [2.05, 4.69) is 47.6 Å². The molecule has 3 aromatic carbocycles. The van der Waals surface area contributed by atoms with Crippen LogP contribution in [0.3, 0.4) is 0 Å². The second-order valence-corrected chi connectivity index (χ2v) is 11.8.